The predicted octanol–water partition coefficient (Wildman–Crippen LogP) is 1.72. The maximum absolute atomic E-state index is 9.22. The molecule has 2 N–H and O–H groups in total. The van der Waals surface area contributed by atoms with Crippen molar-refractivity contribution >= 4 is 35.9 Å². The highest BCUT2D eigenvalue weighted by Crippen LogP contribution is 2.30. The Morgan fingerprint density at radius 2 is 2.15 bits per heavy atom. The van der Waals surface area contributed by atoms with E-state index in [9.17, 15) is 10.0 Å². The highest BCUT2D eigenvalue weighted by atomic mass is 35.5. The van der Waals surface area contributed by atoms with Crippen LogP contribution in [-0.4, -0.2) is 29.3 Å². The van der Waals surface area contributed by atoms with Gasteiger partial charge in [0.05, 0.1) is 12.1 Å². The molecular weight excluding hydrogens is 296 g/mol. The quantitative estimate of drug-likeness (QED) is 0.650. The molecule has 0 aliphatic carbocycles. The number of hydrogen-bond acceptors (Lipinski definition) is 5. The van der Waals surface area contributed by atoms with Crippen molar-refractivity contribution < 1.29 is 14.8 Å². The van der Waals surface area contributed by atoms with Gasteiger partial charge in [-0.1, -0.05) is 23.7 Å². The maximum atomic E-state index is 9.22. The number of nitrogens with zero attached hydrogens (tertiary/aromatic N) is 1. The minimum Gasteiger partial charge on any atom is -0.496 e. The maximum Gasteiger partial charge on any atom is 0.488 e. The number of ether oxygens (including phenoxy) is 1. The van der Waals surface area contributed by atoms with Crippen LogP contribution >= 0.6 is 23.4 Å². The molecule has 2 aromatic rings. The lowest BCUT2D eigenvalue weighted by atomic mass is 9.79. The minimum atomic E-state index is -1.50. The van der Waals surface area contributed by atoms with Crippen LogP contribution in [0.1, 0.15) is 5.56 Å². The normalized spacial score (nSPS) is 10.4. The third-order valence-corrected chi connectivity index (χ3v) is 4.16. The molecule has 0 unspecified atom stereocenters. The predicted molar refractivity (Wildman–Crippen MR) is 81.6 cm³/mol. The average molecular weight is 310 g/mol. The Labute approximate surface area is 126 Å². The molecule has 0 saturated carbocycles. The zero-order valence-corrected chi connectivity index (χ0v) is 12.4. The van der Waals surface area contributed by atoms with Crippen LogP contribution in [0.4, 0.5) is 0 Å². The van der Waals surface area contributed by atoms with Gasteiger partial charge in [-0.2, -0.15) is 0 Å². The van der Waals surface area contributed by atoms with E-state index in [1.165, 1.54) is 11.8 Å². The molecule has 0 atom stereocenters. The molecule has 1 heterocycles. The second-order valence-corrected chi connectivity index (χ2v) is 5.40. The first-order valence-corrected chi connectivity index (χ1v) is 7.24. The molecule has 0 aliphatic heterocycles. The van der Waals surface area contributed by atoms with Crippen molar-refractivity contribution in [1.82, 2.24) is 4.98 Å². The fourth-order valence-electron chi connectivity index (χ4n) is 1.70. The van der Waals surface area contributed by atoms with Gasteiger partial charge in [-0.05, 0) is 23.7 Å². The SMILES string of the molecule is COc1ccc(B(O)O)cc1CSc1ncccc1Cl. The molecule has 104 valence electrons. The summed E-state index contributed by atoms with van der Waals surface area (Å²) in [6, 6.07) is 8.58. The fourth-order valence-corrected chi connectivity index (χ4v) is 2.84. The molecule has 0 saturated heterocycles. The molecule has 0 radical (unpaired) electrons. The topological polar surface area (TPSA) is 62.6 Å². The first-order chi connectivity index (χ1) is 9.61. The average Bonchev–Trinajstić information content (AvgIpc) is 2.46. The van der Waals surface area contributed by atoms with Gasteiger partial charge in [0.1, 0.15) is 10.8 Å². The number of hydrogen-bond donors (Lipinski definition) is 2. The van der Waals surface area contributed by atoms with Gasteiger partial charge in [0.2, 0.25) is 0 Å². The molecule has 2 rings (SSSR count). The third-order valence-electron chi connectivity index (χ3n) is 2.69. The van der Waals surface area contributed by atoms with Crippen molar-refractivity contribution in [2.24, 2.45) is 0 Å². The summed E-state index contributed by atoms with van der Waals surface area (Å²) in [7, 11) is 0.0786. The number of rotatable bonds is 5. The number of benzene rings is 1. The lowest BCUT2D eigenvalue weighted by molar-refractivity contribution is 0.410. The van der Waals surface area contributed by atoms with E-state index in [0.717, 1.165) is 10.6 Å². The van der Waals surface area contributed by atoms with Crippen LogP contribution in [0, 0.1) is 0 Å². The van der Waals surface area contributed by atoms with E-state index in [4.69, 9.17) is 16.3 Å². The van der Waals surface area contributed by atoms with E-state index in [1.54, 1.807) is 43.6 Å². The second-order valence-electron chi connectivity index (χ2n) is 4.02. The van der Waals surface area contributed by atoms with Gasteiger partial charge < -0.3 is 14.8 Å². The molecule has 0 fully saturated rings. The van der Waals surface area contributed by atoms with Crippen LogP contribution in [0.15, 0.2) is 41.6 Å². The summed E-state index contributed by atoms with van der Waals surface area (Å²) >= 11 is 7.52. The number of aromatic nitrogens is 1. The van der Waals surface area contributed by atoms with Gasteiger partial charge in [-0.25, -0.2) is 4.98 Å². The van der Waals surface area contributed by atoms with Crippen molar-refractivity contribution in [3.63, 3.8) is 0 Å². The van der Waals surface area contributed by atoms with Crippen molar-refractivity contribution in [1.29, 1.82) is 0 Å². The van der Waals surface area contributed by atoms with E-state index in [2.05, 4.69) is 4.98 Å². The standard InChI is InChI=1S/C13H13BClNO3S/c1-19-12-5-4-10(14(17)18)7-9(12)8-20-13-11(15)3-2-6-16-13/h2-7,17-18H,8H2,1H3. The van der Waals surface area contributed by atoms with Crippen molar-refractivity contribution in [3.8, 4) is 5.75 Å². The Kier molecular flexibility index (Phi) is 5.31. The summed E-state index contributed by atoms with van der Waals surface area (Å²) in [6.07, 6.45) is 1.68. The molecule has 7 heteroatoms. The largest absolute Gasteiger partial charge is 0.496 e. The van der Waals surface area contributed by atoms with Crippen LogP contribution in [0.25, 0.3) is 0 Å². The Morgan fingerprint density at radius 1 is 1.35 bits per heavy atom. The number of methoxy groups -OCH3 is 1. The summed E-state index contributed by atoms with van der Waals surface area (Å²) in [6.45, 7) is 0. The highest BCUT2D eigenvalue weighted by Gasteiger charge is 2.14. The van der Waals surface area contributed by atoms with E-state index < -0.39 is 7.12 Å². The minimum absolute atomic E-state index is 0.425. The number of halogens is 1. The zero-order valence-electron chi connectivity index (χ0n) is 10.8. The Bertz CT molecular complexity index is 598. The van der Waals surface area contributed by atoms with Crippen LogP contribution in [0.3, 0.4) is 0 Å². The van der Waals surface area contributed by atoms with Crippen LogP contribution in [-0.2, 0) is 5.75 Å². The lowest BCUT2D eigenvalue weighted by Gasteiger charge is -2.10. The first-order valence-electron chi connectivity index (χ1n) is 5.88. The van der Waals surface area contributed by atoms with E-state index in [0.29, 0.717) is 22.0 Å². The van der Waals surface area contributed by atoms with Crippen molar-refractivity contribution in [2.75, 3.05) is 7.11 Å². The Balaban J connectivity index is 2.19. The van der Waals surface area contributed by atoms with Gasteiger partial charge >= 0.3 is 7.12 Å². The third kappa shape index (κ3) is 3.67. The van der Waals surface area contributed by atoms with Crippen LogP contribution in [0.5, 0.6) is 5.75 Å². The summed E-state index contributed by atoms with van der Waals surface area (Å²) in [5.74, 6) is 1.26. The van der Waals surface area contributed by atoms with Crippen molar-refractivity contribution in [3.05, 3.63) is 47.1 Å². The monoisotopic (exact) mass is 309 g/mol. The van der Waals surface area contributed by atoms with E-state index in [-0.39, 0.29) is 0 Å². The lowest BCUT2D eigenvalue weighted by Crippen LogP contribution is -2.30. The van der Waals surface area contributed by atoms with Gasteiger partial charge in [-0.3, -0.25) is 0 Å². The van der Waals surface area contributed by atoms with E-state index in [1.807, 2.05) is 0 Å². The molecular formula is C13H13BClNO3S. The molecule has 20 heavy (non-hydrogen) atoms. The highest BCUT2D eigenvalue weighted by molar-refractivity contribution is 7.98. The summed E-state index contributed by atoms with van der Waals surface area (Å²) in [4.78, 5) is 4.20. The smallest absolute Gasteiger partial charge is 0.488 e. The summed E-state index contributed by atoms with van der Waals surface area (Å²) in [5, 5.41) is 19.8. The van der Waals surface area contributed by atoms with Crippen LogP contribution < -0.4 is 10.2 Å². The molecule has 0 aliphatic rings. The molecule has 0 amide bonds. The zero-order chi connectivity index (χ0) is 14.5. The molecule has 1 aromatic heterocycles. The van der Waals surface area contributed by atoms with Crippen LogP contribution in [0.2, 0.25) is 5.02 Å². The molecule has 0 spiro atoms. The Morgan fingerprint density at radius 3 is 2.80 bits per heavy atom. The molecule has 0 bridgehead atoms. The Hall–Kier alpha value is -1.21. The fraction of sp³-hybridized carbons (Fsp3) is 0.154. The van der Waals surface area contributed by atoms with Gasteiger partial charge in [0.15, 0.2) is 0 Å². The number of thioether (sulfide) groups is 1. The summed E-state index contributed by atoms with van der Waals surface area (Å²) in [5.41, 5.74) is 1.28. The molecule has 4 nitrogen and oxygen atoms in total. The molecule has 1 aromatic carbocycles. The second kappa shape index (κ2) is 6.99. The van der Waals surface area contributed by atoms with Gasteiger partial charge in [0, 0.05) is 17.5 Å². The summed E-state index contributed by atoms with van der Waals surface area (Å²) < 4.78 is 5.27. The van der Waals surface area contributed by atoms with Gasteiger partial charge in [-0.15, -0.1) is 11.8 Å². The number of pyridine rings is 1. The first kappa shape index (κ1) is 15.2. The van der Waals surface area contributed by atoms with Crippen molar-refractivity contribution in [2.45, 2.75) is 10.8 Å². The van der Waals surface area contributed by atoms with E-state index >= 15 is 0 Å². The van der Waals surface area contributed by atoms with Gasteiger partial charge in [0.25, 0.3) is 0 Å².